The van der Waals surface area contributed by atoms with Gasteiger partial charge in [0.2, 0.25) is 0 Å². The van der Waals surface area contributed by atoms with Crippen molar-refractivity contribution in [2.24, 2.45) is 5.10 Å². The van der Waals surface area contributed by atoms with Gasteiger partial charge in [-0.05, 0) is 13.3 Å². The van der Waals surface area contributed by atoms with Crippen molar-refractivity contribution in [3.8, 4) is 0 Å². The first-order valence-corrected chi connectivity index (χ1v) is 4.14. The summed E-state index contributed by atoms with van der Waals surface area (Å²) in [6, 6.07) is 0. The van der Waals surface area contributed by atoms with E-state index >= 15 is 0 Å². The molecule has 0 aromatic carbocycles. The van der Waals surface area contributed by atoms with Crippen molar-refractivity contribution in [2.75, 3.05) is 20.6 Å². The summed E-state index contributed by atoms with van der Waals surface area (Å²) in [6.07, 6.45) is -0.0185. The molecule has 1 N–H and O–H groups in total. The van der Waals surface area contributed by atoms with E-state index in [1.165, 1.54) is 0 Å². The van der Waals surface area contributed by atoms with Crippen LogP contribution >= 0.6 is 0 Å². The van der Waals surface area contributed by atoms with Crippen molar-refractivity contribution >= 4 is 5.90 Å². The van der Waals surface area contributed by atoms with Gasteiger partial charge in [-0.2, -0.15) is 0 Å². The van der Waals surface area contributed by atoms with Crippen molar-refractivity contribution in [3.05, 3.63) is 0 Å². The first-order chi connectivity index (χ1) is 5.37. The molecule has 0 radical (unpaired) electrons. The van der Waals surface area contributed by atoms with Crippen LogP contribution in [-0.4, -0.2) is 42.3 Å². The second-order valence-electron chi connectivity index (χ2n) is 3.50. The van der Waals surface area contributed by atoms with Gasteiger partial charge in [0.15, 0.2) is 0 Å². The molecule has 0 aromatic heterocycles. The second kappa shape index (κ2) is 4.42. The molecule has 0 aliphatic rings. The number of quaternary nitrogens is 1. The Balaban J connectivity index is 4.20. The Morgan fingerprint density at radius 3 is 2.42 bits per heavy atom. The van der Waals surface area contributed by atoms with Crippen LogP contribution < -0.4 is 5.11 Å². The minimum atomic E-state index is -0.437. The highest BCUT2D eigenvalue weighted by molar-refractivity contribution is 5.70. The molecule has 4 heteroatoms. The zero-order chi connectivity index (χ0) is 9.78. The van der Waals surface area contributed by atoms with E-state index in [1.54, 1.807) is 27.9 Å². The molecule has 0 aromatic rings. The topological polar surface area (TPSA) is 55.7 Å². The van der Waals surface area contributed by atoms with E-state index in [2.05, 4.69) is 5.10 Å². The van der Waals surface area contributed by atoms with Gasteiger partial charge in [-0.25, -0.2) is 4.59 Å². The van der Waals surface area contributed by atoms with Crippen molar-refractivity contribution < 1.29 is 14.8 Å². The maximum Gasteiger partial charge on any atom is 0.128 e. The minimum Gasteiger partial charge on any atom is -0.858 e. The third kappa shape index (κ3) is 5.09. The lowest BCUT2D eigenvalue weighted by molar-refractivity contribution is -0.901. The van der Waals surface area contributed by atoms with Crippen LogP contribution in [0.3, 0.4) is 0 Å². The van der Waals surface area contributed by atoms with Crippen molar-refractivity contribution in [1.82, 2.24) is 0 Å². The third-order valence-corrected chi connectivity index (χ3v) is 1.40. The quantitative estimate of drug-likeness (QED) is 0.271. The van der Waals surface area contributed by atoms with Crippen LogP contribution in [0.5, 0.6) is 0 Å². The van der Waals surface area contributed by atoms with Crippen molar-refractivity contribution in [1.29, 1.82) is 0 Å². The molecule has 1 unspecified atom stereocenters. The average Bonchev–Trinajstić information content (AvgIpc) is 1.83. The van der Waals surface area contributed by atoms with E-state index in [0.717, 1.165) is 0 Å². The zero-order valence-corrected chi connectivity index (χ0v) is 8.24. The van der Waals surface area contributed by atoms with Crippen LogP contribution in [0.15, 0.2) is 5.10 Å². The summed E-state index contributed by atoms with van der Waals surface area (Å²) in [5, 5.41) is 23.9. The number of likely N-dealkylation sites (N-methyl/N-ethyl adjacent to an activating group) is 1. The molecule has 0 saturated heterocycles. The summed E-state index contributed by atoms with van der Waals surface area (Å²) in [4.78, 5) is 0. The van der Waals surface area contributed by atoms with Crippen molar-refractivity contribution in [2.45, 2.75) is 26.4 Å². The summed E-state index contributed by atoms with van der Waals surface area (Å²) in [6.45, 7) is 3.92. The highest BCUT2D eigenvalue weighted by atomic mass is 16.3. The molecule has 72 valence electrons. The molecule has 0 fully saturated rings. The molecular weight excluding hydrogens is 156 g/mol. The maximum absolute atomic E-state index is 10.9. The summed E-state index contributed by atoms with van der Waals surface area (Å²) in [5.74, 6) is -0.124. The maximum atomic E-state index is 10.9. The van der Waals surface area contributed by atoms with Crippen LogP contribution in [0.2, 0.25) is 0 Å². The lowest BCUT2D eigenvalue weighted by Gasteiger charge is -2.26. The number of hydrogen-bond acceptors (Lipinski definition) is 3. The number of hydrogen-bond donors (Lipinski definition) is 1. The standard InChI is InChI=1S/C8H18N2O2/c1-5-8(12)9-10(3,4)6-7(2)11/h7,11H,5-6H2,1-4H3. The SMILES string of the molecule is CC/C([O-])=N/[N+](C)(C)CC(C)O. The molecule has 0 aliphatic carbocycles. The van der Waals surface area contributed by atoms with Crippen LogP contribution in [0.1, 0.15) is 20.3 Å². The fourth-order valence-corrected chi connectivity index (χ4v) is 1.06. The summed E-state index contributed by atoms with van der Waals surface area (Å²) in [5.41, 5.74) is 0. The van der Waals surface area contributed by atoms with E-state index in [1.807, 2.05) is 0 Å². The third-order valence-electron chi connectivity index (χ3n) is 1.40. The molecular formula is C8H18N2O2. The summed E-state index contributed by atoms with van der Waals surface area (Å²) < 4.78 is 0.199. The second-order valence-corrected chi connectivity index (χ2v) is 3.50. The molecule has 0 spiro atoms. The molecule has 4 nitrogen and oxygen atoms in total. The van der Waals surface area contributed by atoms with Gasteiger partial charge in [-0.3, -0.25) is 0 Å². The normalized spacial score (nSPS) is 16.2. The fraction of sp³-hybridized carbons (Fsp3) is 0.875. The number of aliphatic hydroxyl groups excluding tert-OH is 1. The van der Waals surface area contributed by atoms with Crippen LogP contribution in [0.4, 0.5) is 0 Å². The van der Waals surface area contributed by atoms with Crippen LogP contribution in [-0.2, 0) is 0 Å². The Kier molecular flexibility index (Phi) is 4.20. The van der Waals surface area contributed by atoms with Crippen LogP contribution in [0.25, 0.3) is 0 Å². The Hall–Kier alpha value is -0.610. The Labute approximate surface area is 73.7 Å². The number of rotatable bonds is 4. The van der Waals surface area contributed by atoms with Gasteiger partial charge in [0.1, 0.15) is 12.6 Å². The van der Waals surface area contributed by atoms with E-state index in [-0.39, 0.29) is 10.5 Å². The average molecular weight is 174 g/mol. The van der Waals surface area contributed by atoms with Gasteiger partial charge < -0.3 is 10.2 Å². The summed E-state index contributed by atoms with van der Waals surface area (Å²) >= 11 is 0. The molecule has 12 heavy (non-hydrogen) atoms. The Bertz CT molecular complexity index is 164. The Morgan fingerprint density at radius 1 is 1.58 bits per heavy atom. The smallest absolute Gasteiger partial charge is 0.128 e. The molecule has 1 atom stereocenters. The van der Waals surface area contributed by atoms with E-state index in [9.17, 15) is 5.11 Å². The largest absolute Gasteiger partial charge is 0.858 e. The van der Waals surface area contributed by atoms with Crippen molar-refractivity contribution in [3.63, 3.8) is 0 Å². The lowest BCUT2D eigenvalue weighted by atomic mass is 10.4. The molecule has 0 aliphatic heterocycles. The van der Waals surface area contributed by atoms with Gasteiger partial charge in [0, 0.05) is 5.90 Å². The molecule has 0 saturated carbocycles. The van der Waals surface area contributed by atoms with Gasteiger partial charge in [-0.1, -0.05) is 6.92 Å². The van der Waals surface area contributed by atoms with Gasteiger partial charge >= 0.3 is 0 Å². The van der Waals surface area contributed by atoms with Crippen LogP contribution in [0, 0.1) is 0 Å². The highest BCUT2D eigenvalue weighted by Crippen LogP contribution is 2.01. The number of aliphatic hydroxyl groups is 1. The lowest BCUT2D eigenvalue weighted by Crippen LogP contribution is -2.42. The first kappa shape index (κ1) is 11.4. The van der Waals surface area contributed by atoms with Gasteiger partial charge in [0.25, 0.3) is 0 Å². The molecule has 0 heterocycles. The molecule has 0 bridgehead atoms. The fourth-order valence-electron chi connectivity index (χ4n) is 1.06. The van der Waals surface area contributed by atoms with E-state index < -0.39 is 6.10 Å². The Morgan fingerprint density at radius 2 is 2.08 bits per heavy atom. The summed E-state index contributed by atoms with van der Waals surface area (Å²) in [7, 11) is 3.58. The zero-order valence-electron chi connectivity index (χ0n) is 8.24. The molecule has 0 rings (SSSR count). The molecule has 0 amide bonds. The monoisotopic (exact) mass is 174 g/mol. The predicted molar refractivity (Wildman–Crippen MR) is 46.4 cm³/mol. The number of nitrogens with zero attached hydrogens (tertiary/aromatic N) is 2. The predicted octanol–water partition coefficient (Wildman–Crippen LogP) is -0.473. The van der Waals surface area contributed by atoms with Gasteiger partial charge in [-0.15, -0.1) is 5.10 Å². The first-order valence-electron chi connectivity index (χ1n) is 4.14. The van der Waals surface area contributed by atoms with Gasteiger partial charge in [0.05, 0.1) is 14.1 Å². The minimum absolute atomic E-state index is 0.124. The van der Waals surface area contributed by atoms with E-state index in [0.29, 0.717) is 13.0 Å². The highest BCUT2D eigenvalue weighted by Gasteiger charge is 2.16. The van der Waals surface area contributed by atoms with E-state index in [4.69, 9.17) is 5.11 Å².